The van der Waals surface area contributed by atoms with Crippen LogP contribution in [0.3, 0.4) is 0 Å². The smallest absolute Gasteiger partial charge is 0.250 e. The van der Waals surface area contributed by atoms with Gasteiger partial charge in [-0.1, -0.05) is 29.8 Å². The number of nitrogens with zero attached hydrogens (tertiary/aromatic N) is 2. The molecule has 3 atom stereocenters. The predicted molar refractivity (Wildman–Crippen MR) is 63.2 cm³/mol. The number of carbonyl (C=O) groups is 2. The molecule has 1 heterocycles. The van der Waals surface area contributed by atoms with Gasteiger partial charge in [0.25, 0.3) is 0 Å². The fraction of sp³-hybridized carbons (Fsp3) is 0.286. The van der Waals surface area contributed by atoms with Crippen molar-refractivity contribution in [2.45, 2.75) is 12.8 Å². The molecule has 1 aromatic rings. The monoisotopic (exact) mass is 251 g/mol. The van der Waals surface area contributed by atoms with Gasteiger partial charge in [-0.2, -0.15) is 10.5 Å². The first-order chi connectivity index (χ1) is 9.04. The molecule has 1 aliphatic heterocycles. The van der Waals surface area contributed by atoms with Gasteiger partial charge in [-0.25, -0.2) is 0 Å². The molecule has 1 saturated carbocycles. The van der Waals surface area contributed by atoms with Crippen molar-refractivity contribution in [2.75, 3.05) is 0 Å². The van der Waals surface area contributed by atoms with Gasteiger partial charge in [-0.05, 0) is 12.5 Å². The molecule has 2 fully saturated rings. The van der Waals surface area contributed by atoms with Gasteiger partial charge in [0.1, 0.15) is 0 Å². The van der Waals surface area contributed by atoms with Gasteiger partial charge in [0.05, 0.1) is 12.1 Å². The van der Waals surface area contributed by atoms with Crippen molar-refractivity contribution >= 4 is 11.8 Å². The van der Waals surface area contributed by atoms with E-state index in [2.05, 4.69) is 5.32 Å². The molecule has 1 aliphatic carbocycles. The lowest BCUT2D eigenvalue weighted by atomic mass is 9.98. The molecule has 2 amide bonds. The first kappa shape index (κ1) is 11.4. The third-order valence-corrected chi connectivity index (χ3v) is 4.11. The molecule has 0 radical (unpaired) electrons. The van der Waals surface area contributed by atoms with E-state index in [1.807, 2.05) is 31.2 Å². The highest BCUT2D eigenvalue weighted by atomic mass is 16.2. The Morgan fingerprint density at radius 2 is 1.53 bits per heavy atom. The van der Waals surface area contributed by atoms with Crippen LogP contribution in [0, 0.1) is 40.4 Å². The number of rotatable bonds is 1. The molecule has 1 aromatic carbocycles. The Morgan fingerprint density at radius 3 is 1.95 bits per heavy atom. The lowest BCUT2D eigenvalue weighted by Crippen LogP contribution is -2.31. The zero-order valence-electron chi connectivity index (χ0n) is 10.1. The quantitative estimate of drug-likeness (QED) is 0.746. The second-order valence-corrected chi connectivity index (χ2v) is 4.97. The fourth-order valence-electron chi connectivity index (χ4n) is 3.06. The number of amides is 2. The Kier molecular flexibility index (Phi) is 1.93. The SMILES string of the molecule is Cc1ccc(C2[C@]3(C#N)C(=O)NC(=O)[C@]23C#N)cc1. The maximum atomic E-state index is 11.9. The number of carbonyl (C=O) groups excluding carboxylic acids is 2. The standard InChI is InChI=1S/C14H9N3O2/c1-8-2-4-9(5-3-8)10-13(6-15)11(18)17-12(19)14(10,13)7-16/h2-5,10H,1H3,(H,17,18,19)/t10?,13-,14+. The van der Waals surface area contributed by atoms with Crippen LogP contribution < -0.4 is 5.32 Å². The van der Waals surface area contributed by atoms with Crippen LogP contribution in [0.25, 0.3) is 0 Å². The predicted octanol–water partition coefficient (Wildman–Crippen LogP) is 0.769. The van der Waals surface area contributed by atoms with E-state index in [9.17, 15) is 20.1 Å². The van der Waals surface area contributed by atoms with Gasteiger partial charge in [-0.15, -0.1) is 0 Å². The molecular formula is C14H9N3O2. The van der Waals surface area contributed by atoms with E-state index in [4.69, 9.17) is 0 Å². The van der Waals surface area contributed by atoms with Crippen molar-refractivity contribution in [1.82, 2.24) is 5.32 Å². The topological polar surface area (TPSA) is 93.8 Å². The summed E-state index contributed by atoms with van der Waals surface area (Å²) in [5, 5.41) is 20.7. The molecule has 2 aliphatic rings. The summed E-state index contributed by atoms with van der Waals surface area (Å²) in [4.78, 5) is 23.8. The van der Waals surface area contributed by atoms with Crippen LogP contribution in [-0.4, -0.2) is 11.8 Å². The van der Waals surface area contributed by atoms with Gasteiger partial charge in [0.15, 0.2) is 10.8 Å². The molecule has 1 saturated heterocycles. The zero-order valence-corrected chi connectivity index (χ0v) is 10.1. The van der Waals surface area contributed by atoms with Crippen molar-refractivity contribution in [3.8, 4) is 12.1 Å². The number of hydrogen-bond acceptors (Lipinski definition) is 4. The van der Waals surface area contributed by atoms with Crippen LogP contribution in [0.15, 0.2) is 24.3 Å². The van der Waals surface area contributed by atoms with Gasteiger partial charge < -0.3 is 0 Å². The highest BCUT2D eigenvalue weighted by Gasteiger charge is 2.90. The zero-order chi connectivity index (χ0) is 13.8. The molecule has 0 bridgehead atoms. The number of hydrogen-bond donors (Lipinski definition) is 1. The van der Waals surface area contributed by atoms with E-state index >= 15 is 0 Å². The summed E-state index contributed by atoms with van der Waals surface area (Å²) in [5.74, 6) is -1.99. The van der Waals surface area contributed by atoms with Crippen molar-refractivity contribution in [1.29, 1.82) is 10.5 Å². The molecule has 5 nitrogen and oxygen atoms in total. The lowest BCUT2D eigenvalue weighted by molar-refractivity contribution is -0.128. The van der Waals surface area contributed by atoms with E-state index in [-0.39, 0.29) is 0 Å². The summed E-state index contributed by atoms with van der Waals surface area (Å²) in [6.45, 7) is 1.91. The first-order valence-electron chi connectivity index (χ1n) is 5.79. The third-order valence-electron chi connectivity index (χ3n) is 4.11. The molecule has 0 aromatic heterocycles. The highest BCUT2D eigenvalue weighted by Crippen LogP contribution is 2.76. The van der Waals surface area contributed by atoms with Crippen molar-refractivity contribution in [3.63, 3.8) is 0 Å². The number of piperidine rings is 1. The Balaban J connectivity index is 2.18. The second-order valence-electron chi connectivity index (χ2n) is 4.97. The number of aryl methyl sites for hydroxylation is 1. The van der Waals surface area contributed by atoms with Crippen LogP contribution in [-0.2, 0) is 9.59 Å². The minimum atomic E-state index is -1.56. The lowest BCUT2D eigenvalue weighted by Gasteiger charge is -2.07. The van der Waals surface area contributed by atoms with Gasteiger partial charge in [0, 0.05) is 5.92 Å². The number of imide groups is 1. The maximum absolute atomic E-state index is 11.9. The third kappa shape index (κ3) is 0.996. The van der Waals surface area contributed by atoms with Crippen LogP contribution in [0.5, 0.6) is 0 Å². The molecule has 1 unspecified atom stereocenters. The van der Waals surface area contributed by atoms with E-state index in [1.165, 1.54) is 0 Å². The van der Waals surface area contributed by atoms with E-state index in [0.717, 1.165) is 5.56 Å². The minimum Gasteiger partial charge on any atom is -0.293 e. The van der Waals surface area contributed by atoms with Crippen LogP contribution >= 0.6 is 0 Å². The largest absolute Gasteiger partial charge is 0.293 e. The van der Waals surface area contributed by atoms with Crippen LogP contribution in [0.4, 0.5) is 0 Å². The average Bonchev–Trinajstić information content (AvgIpc) is 2.97. The summed E-state index contributed by atoms with van der Waals surface area (Å²) in [7, 11) is 0. The first-order valence-corrected chi connectivity index (χ1v) is 5.79. The summed E-state index contributed by atoms with van der Waals surface area (Å²) in [6.07, 6.45) is 0. The Morgan fingerprint density at radius 1 is 1.05 bits per heavy atom. The Labute approximate surface area is 109 Å². The maximum Gasteiger partial charge on any atom is 0.250 e. The summed E-state index contributed by atoms with van der Waals surface area (Å²) in [6, 6.07) is 11.0. The fourth-order valence-corrected chi connectivity index (χ4v) is 3.06. The summed E-state index contributed by atoms with van der Waals surface area (Å²) in [5.41, 5.74) is -1.42. The normalized spacial score (nSPS) is 35.0. The molecular weight excluding hydrogens is 242 g/mol. The minimum absolute atomic E-state index is 0.660. The summed E-state index contributed by atoms with van der Waals surface area (Å²) < 4.78 is 0. The highest BCUT2D eigenvalue weighted by molar-refractivity contribution is 6.19. The van der Waals surface area contributed by atoms with E-state index < -0.39 is 28.6 Å². The molecule has 19 heavy (non-hydrogen) atoms. The van der Waals surface area contributed by atoms with Crippen molar-refractivity contribution in [3.05, 3.63) is 35.4 Å². The Hall–Kier alpha value is -2.66. The number of nitriles is 2. The van der Waals surface area contributed by atoms with E-state index in [1.54, 1.807) is 12.1 Å². The average molecular weight is 251 g/mol. The van der Waals surface area contributed by atoms with Crippen LogP contribution in [0.2, 0.25) is 0 Å². The second kappa shape index (κ2) is 3.21. The van der Waals surface area contributed by atoms with Gasteiger partial charge in [0.2, 0.25) is 11.8 Å². The van der Waals surface area contributed by atoms with Crippen LogP contribution in [0.1, 0.15) is 17.0 Å². The van der Waals surface area contributed by atoms with E-state index in [0.29, 0.717) is 5.56 Å². The van der Waals surface area contributed by atoms with Gasteiger partial charge >= 0.3 is 0 Å². The number of benzene rings is 1. The van der Waals surface area contributed by atoms with Crippen molar-refractivity contribution in [2.24, 2.45) is 10.8 Å². The number of nitrogens with one attached hydrogen (secondary N) is 1. The number of fused-ring (bicyclic) bond motifs is 1. The molecule has 1 N–H and O–H groups in total. The Bertz CT molecular complexity index is 657. The summed E-state index contributed by atoms with van der Waals surface area (Å²) >= 11 is 0. The van der Waals surface area contributed by atoms with Crippen molar-refractivity contribution < 1.29 is 9.59 Å². The molecule has 0 spiro atoms. The van der Waals surface area contributed by atoms with Gasteiger partial charge in [-0.3, -0.25) is 14.9 Å². The molecule has 3 rings (SSSR count). The molecule has 92 valence electrons. The molecule has 5 heteroatoms.